The third-order valence-electron chi connectivity index (χ3n) is 4.70. The number of likely N-dealkylation sites (N-methyl/N-ethyl adjacent to an activating group) is 1. The molecule has 0 spiro atoms. The molecule has 0 unspecified atom stereocenters. The van der Waals surface area contributed by atoms with Gasteiger partial charge in [0.1, 0.15) is 0 Å². The van der Waals surface area contributed by atoms with Crippen LogP contribution in [-0.2, 0) is 9.16 Å². The van der Waals surface area contributed by atoms with E-state index in [2.05, 4.69) is 33.9 Å². The highest BCUT2D eigenvalue weighted by molar-refractivity contribution is 6.74. The van der Waals surface area contributed by atoms with E-state index in [9.17, 15) is 4.79 Å². The number of carbonyl (C=O) groups is 1. The summed E-state index contributed by atoms with van der Waals surface area (Å²) in [5, 5.41) is 0.460. The number of cyclic esters (lactones) is 1. The van der Waals surface area contributed by atoms with Crippen LogP contribution in [0.1, 0.15) is 36.6 Å². The second-order valence-electron chi connectivity index (χ2n) is 7.37. The zero-order chi connectivity index (χ0) is 19.9. The molecule has 2 rings (SSSR count). The largest absolute Gasteiger partial charge is 0.439 e. The predicted molar refractivity (Wildman–Crippen MR) is 95.4 cm³/mol. The first-order valence-corrected chi connectivity index (χ1v) is 10.9. The molecule has 1 aromatic carbocycles. The Morgan fingerprint density at radius 3 is 2.70 bits per heavy atom. The van der Waals surface area contributed by atoms with Crippen LogP contribution in [0.15, 0.2) is 24.3 Å². The van der Waals surface area contributed by atoms with Crippen molar-refractivity contribution in [3.05, 3.63) is 34.9 Å². The highest BCUT2D eigenvalue weighted by Crippen LogP contribution is 2.38. The molecule has 2 atom stereocenters. The van der Waals surface area contributed by atoms with Gasteiger partial charge < -0.3 is 14.1 Å². The average molecular weight is 359 g/mol. The topological polar surface area (TPSA) is 38.8 Å². The lowest BCUT2D eigenvalue weighted by molar-refractivity contribution is 0.120. The standard InChI is InChI=1S/C17H26ClNO3Si/c1-17(2,3)23(5,6)21-11-14-15(22-16(20)19(14)4)12-8-7-9-13(18)10-12/h7-10,14-15H,11H2,1-6H3/t14-,15-/m1/s1/i4D3. The number of carbonyl (C=O) groups excluding carboxylic acids is 1. The van der Waals surface area contributed by atoms with Gasteiger partial charge in [0.05, 0.1) is 12.6 Å². The molecular formula is C17H26ClNO3Si. The second-order valence-corrected chi connectivity index (χ2v) is 12.6. The van der Waals surface area contributed by atoms with E-state index in [4.69, 9.17) is 24.9 Å². The molecule has 0 bridgehead atoms. The van der Waals surface area contributed by atoms with Gasteiger partial charge in [-0.05, 0) is 35.8 Å². The van der Waals surface area contributed by atoms with Crippen LogP contribution in [0.3, 0.4) is 0 Å². The Morgan fingerprint density at radius 2 is 2.13 bits per heavy atom. The Labute approximate surface area is 149 Å². The highest BCUT2D eigenvalue weighted by atomic mass is 35.5. The smallest absolute Gasteiger partial charge is 0.410 e. The van der Waals surface area contributed by atoms with Crippen LogP contribution in [0.5, 0.6) is 0 Å². The minimum absolute atomic E-state index is 0.0349. The van der Waals surface area contributed by atoms with Crippen LogP contribution in [0.2, 0.25) is 23.2 Å². The van der Waals surface area contributed by atoms with E-state index < -0.39 is 33.5 Å². The van der Waals surface area contributed by atoms with Crippen molar-refractivity contribution in [1.29, 1.82) is 0 Å². The molecule has 1 fully saturated rings. The summed E-state index contributed by atoms with van der Waals surface area (Å²) in [6.45, 7) is 7.96. The van der Waals surface area contributed by atoms with Gasteiger partial charge in [0, 0.05) is 16.1 Å². The van der Waals surface area contributed by atoms with Crippen molar-refractivity contribution in [2.24, 2.45) is 0 Å². The van der Waals surface area contributed by atoms with Crippen LogP contribution in [0.4, 0.5) is 4.79 Å². The Hall–Kier alpha value is -1.04. The Kier molecular flexibility index (Phi) is 4.02. The summed E-state index contributed by atoms with van der Waals surface area (Å²) >= 11 is 6.05. The molecule has 4 nitrogen and oxygen atoms in total. The van der Waals surface area contributed by atoms with Crippen LogP contribution >= 0.6 is 11.6 Å². The van der Waals surface area contributed by atoms with Crippen molar-refractivity contribution >= 4 is 26.0 Å². The van der Waals surface area contributed by atoms with E-state index in [-0.39, 0.29) is 11.6 Å². The summed E-state index contributed by atoms with van der Waals surface area (Å²) < 4.78 is 34.8. The van der Waals surface area contributed by atoms with Crippen LogP contribution in [-0.4, -0.2) is 38.9 Å². The molecule has 0 saturated carbocycles. The Morgan fingerprint density at radius 1 is 1.43 bits per heavy atom. The summed E-state index contributed by atoms with van der Waals surface area (Å²) in [5.74, 6) is 0. The van der Waals surface area contributed by atoms with E-state index in [0.29, 0.717) is 10.6 Å². The summed E-state index contributed by atoms with van der Waals surface area (Å²) in [7, 11) is -2.13. The van der Waals surface area contributed by atoms with Crippen molar-refractivity contribution in [3.63, 3.8) is 0 Å². The van der Waals surface area contributed by atoms with Crippen LogP contribution in [0.25, 0.3) is 0 Å². The number of benzene rings is 1. The fourth-order valence-corrected chi connectivity index (χ4v) is 3.38. The summed E-state index contributed by atoms with van der Waals surface area (Å²) in [5.41, 5.74) is 0.654. The zero-order valence-electron chi connectivity index (χ0n) is 17.2. The maximum absolute atomic E-state index is 12.3. The second kappa shape index (κ2) is 6.46. The third kappa shape index (κ3) is 3.90. The summed E-state index contributed by atoms with van der Waals surface area (Å²) in [6.07, 6.45) is -1.61. The molecule has 128 valence electrons. The third-order valence-corrected chi connectivity index (χ3v) is 9.44. The maximum atomic E-state index is 12.3. The van der Waals surface area contributed by atoms with E-state index >= 15 is 0 Å². The summed E-state index contributed by atoms with van der Waals surface area (Å²) in [6, 6.07) is 6.16. The average Bonchev–Trinajstić information content (AvgIpc) is 2.80. The Balaban J connectivity index is 2.34. The number of hydrogen-bond acceptors (Lipinski definition) is 3. The van der Waals surface area contributed by atoms with Gasteiger partial charge in [-0.15, -0.1) is 0 Å². The fraction of sp³-hybridized carbons (Fsp3) is 0.588. The lowest BCUT2D eigenvalue weighted by Gasteiger charge is -2.37. The van der Waals surface area contributed by atoms with Gasteiger partial charge >= 0.3 is 6.09 Å². The molecule has 0 radical (unpaired) electrons. The van der Waals surface area contributed by atoms with Gasteiger partial charge in [-0.1, -0.05) is 44.5 Å². The first-order valence-electron chi connectivity index (χ1n) is 9.13. The van der Waals surface area contributed by atoms with E-state index in [0.717, 1.165) is 4.90 Å². The predicted octanol–water partition coefficient (Wildman–Crippen LogP) is 4.85. The van der Waals surface area contributed by atoms with Crippen molar-refractivity contribution in [2.45, 2.75) is 51.0 Å². The molecule has 0 N–H and O–H groups in total. The van der Waals surface area contributed by atoms with Crippen LogP contribution < -0.4 is 0 Å². The molecule has 1 aliphatic heterocycles. The van der Waals surface area contributed by atoms with E-state index in [1.165, 1.54) is 0 Å². The minimum Gasteiger partial charge on any atom is -0.439 e. The Bertz CT molecular complexity index is 676. The highest BCUT2D eigenvalue weighted by Gasteiger charge is 2.44. The van der Waals surface area contributed by atoms with Crippen molar-refractivity contribution in [1.82, 2.24) is 4.90 Å². The molecule has 6 heteroatoms. The number of amides is 1. The summed E-state index contributed by atoms with van der Waals surface area (Å²) in [4.78, 5) is 13.1. The molecule has 0 aromatic heterocycles. The number of rotatable bonds is 4. The van der Waals surface area contributed by atoms with E-state index in [1.807, 2.05) is 0 Å². The SMILES string of the molecule is [2H]C([2H])([2H])N1C(=O)O[C@H](c2cccc(Cl)c2)[C@H]1CO[Si](C)(C)C(C)(C)C. The van der Waals surface area contributed by atoms with Gasteiger partial charge in [0.2, 0.25) is 0 Å². The van der Waals surface area contributed by atoms with Crippen LogP contribution in [0, 0.1) is 0 Å². The van der Waals surface area contributed by atoms with Crippen molar-refractivity contribution < 1.29 is 18.1 Å². The fourth-order valence-electron chi connectivity index (χ4n) is 2.16. The normalized spacial score (nSPS) is 24.9. The van der Waals surface area contributed by atoms with E-state index in [1.54, 1.807) is 24.3 Å². The van der Waals surface area contributed by atoms with Gasteiger partial charge in [0.25, 0.3) is 0 Å². The number of halogens is 1. The number of nitrogens with zero attached hydrogens (tertiary/aromatic N) is 1. The van der Waals surface area contributed by atoms with Crippen molar-refractivity contribution in [3.8, 4) is 0 Å². The molecule has 1 saturated heterocycles. The minimum atomic E-state index is -2.61. The first-order chi connectivity index (χ1) is 11.7. The van der Waals surface area contributed by atoms with Gasteiger partial charge in [-0.3, -0.25) is 0 Å². The molecule has 1 aromatic rings. The zero-order valence-corrected chi connectivity index (χ0v) is 16.0. The monoisotopic (exact) mass is 358 g/mol. The first kappa shape index (κ1) is 14.3. The molecule has 23 heavy (non-hydrogen) atoms. The molecule has 0 aliphatic carbocycles. The lowest BCUT2D eigenvalue weighted by atomic mass is 10.0. The quantitative estimate of drug-likeness (QED) is 0.722. The van der Waals surface area contributed by atoms with Gasteiger partial charge in [0.15, 0.2) is 14.4 Å². The molecule has 1 aliphatic rings. The van der Waals surface area contributed by atoms with Gasteiger partial charge in [-0.2, -0.15) is 0 Å². The lowest BCUT2D eigenvalue weighted by Crippen LogP contribution is -2.45. The maximum Gasteiger partial charge on any atom is 0.410 e. The van der Waals surface area contributed by atoms with Crippen molar-refractivity contribution in [2.75, 3.05) is 13.6 Å². The van der Waals surface area contributed by atoms with Gasteiger partial charge in [-0.25, -0.2) is 4.79 Å². The molecule has 1 heterocycles. The molecular weight excluding hydrogens is 330 g/mol. The number of hydrogen-bond donors (Lipinski definition) is 0. The number of ether oxygens (including phenoxy) is 1. The molecule has 1 amide bonds.